The average Bonchev–Trinajstić information content (AvgIpc) is 2.77. The molecule has 7 nitrogen and oxygen atoms in total. The van der Waals surface area contributed by atoms with E-state index in [1.165, 1.54) is 16.0 Å². The summed E-state index contributed by atoms with van der Waals surface area (Å²) in [5.74, 6) is 1.67. The first-order valence-electron chi connectivity index (χ1n) is 10.0. The number of hydrogen-bond acceptors (Lipinski definition) is 6. The van der Waals surface area contributed by atoms with Gasteiger partial charge < -0.3 is 15.5 Å². The Balaban J connectivity index is 1.38. The fourth-order valence-electron chi connectivity index (χ4n) is 3.36. The van der Waals surface area contributed by atoms with Crippen molar-refractivity contribution in [1.29, 1.82) is 0 Å². The number of anilines is 1. The molecule has 1 aromatic heterocycles. The fraction of sp³-hybridized carbons (Fsp3) is 0.476. The van der Waals surface area contributed by atoms with Gasteiger partial charge in [0.15, 0.2) is 5.96 Å². The van der Waals surface area contributed by atoms with Crippen LogP contribution < -0.4 is 15.5 Å². The molecule has 156 valence electrons. The zero-order chi connectivity index (χ0) is 20.5. The summed E-state index contributed by atoms with van der Waals surface area (Å²) in [7, 11) is 1.82. The summed E-state index contributed by atoms with van der Waals surface area (Å²) in [4.78, 5) is 19.1. The van der Waals surface area contributed by atoms with Crippen LogP contribution in [0, 0.1) is 6.92 Å². The van der Waals surface area contributed by atoms with Crippen LogP contribution in [0.2, 0.25) is 0 Å². The molecule has 0 spiro atoms. The molecular formula is C21H31N7S. The van der Waals surface area contributed by atoms with Gasteiger partial charge in [0.25, 0.3) is 0 Å². The highest BCUT2D eigenvalue weighted by molar-refractivity contribution is 7.98. The van der Waals surface area contributed by atoms with Crippen molar-refractivity contribution >= 4 is 23.7 Å². The number of nitrogens with one attached hydrogen (secondary N) is 2. The number of nitrogens with zero attached hydrogens (tertiary/aromatic N) is 5. The van der Waals surface area contributed by atoms with Crippen molar-refractivity contribution in [3.05, 3.63) is 47.8 Å². The predicted octanol–water partition coefficient (Wildman–Crippen LogP) is 1.99. The maximum Gasteiger partial charge on any atom is 0.225 e. The minimum absolute atomic E-state index is 0.770. The Morgan fingerprint density at radius 1 is 1.14 bits per heavy atom. The van der Waals surface area contributed by atoms with Crippen molar-refractivity contribution in [3.8, 4) is 0 Å². The fourth-order valence-corrected chi connectivity index (χ4v) is 4.06. The van der Waals surface area contributed by atoms with Crippen LogP contribution in [0.4, 0.5) is 5.95 Å². The van der Waals surface area contributed by atoms with E-state index < -0.39 is 0 Å². The van der Waals surface area contributed by atoms with Gasteiger partial charge in [0, 0.05) is 70.2 Å². The van der Waals surface area contributed by atoms with Gasteiger partial charge in [-0.05, 0) is 36.4 Å². The Kier molecular flexibility index (Phi) is 8.13. The van der Waals surface area contributed by atoms with E-state index in [1.54, 1.807) is 24.2 Å². The van der Waals surface area contributed by atoms with E-state index >= 15 is 0 Å². The molecule has 1 saturated heterocycles. The van der Waals surface area contributed by atoms with Crippen LogP contribution >= 0.6 is 11.8 Å². The number of aryl methyl sites for hydroxylation is 1. The molecule has 2 heterocycles. The van der Waals surface area contributed by atoms with E-state index in [4.69, 9.17) is 0 Å². The summed E-state index contributed by atoms with van der Waals surface area (Å²) < 4.78 is 0. The topological polar surface area (TPSA) is 68.7 Å². The molecule has 1 aliphatic rings. The molecule has 0 atom stereocenters. The van der Waals surface area contributed by atoms with Gasteiger partial charge in [-0.2, -0.15) is 0 Å². The van der Waals surface area contributed by atoms with E-state index in [9.17, 15) is 0 Å². The van der Waals surface area contributed by atoms with Crippen molar-refractivity contribution in [1.82, 2.24) is 25.5 Å². The van der Waals surface area contributed by atoms with Crippen LogP contribution in [0.5, 0.6) is 0 Å². The van der Waals surface area contributed by atoms with E-state index in [0.717, 1.165) is 57.7 Å². The zero-order valence-corrected chi connectivity index (χ0v) is 18.4. The second-order valence-electron chi connectivity index (χ2n) is 7.05. The van der Waals surface area contributed by atoms with Crippen LogP contribution in [-0.4, -0.2) is 73.4 Å². The maximum absolute atomic E-state index is 4.35. The smallest absolute Gasteiger partial charge is 0.225 e. The van der Waals surface area contributed by atoms with E-state index in [2.05, 4.69) is 66.8 Å². The van der Waals surface area contributed by atoms with Gasteiger partial charge in [0.05, 0.1) is 0 Å². The molecule has 29 heavy (non-hydrogen) atoms. The van der Waals surface area contributed by atoms with Crippen LogP contribution in [0.25, 0.3) is 0 Å². The van der Waals surface area contributed by atoms with E-state index in [-0.39, 0.29) is 0 Å². The lowest BCUT2D eigenvalue weighted by Crippen LogP contribution is -2.49. The van der Waals surface area contributed by atoms with Crippen molar-refractivity contribution in [3.63, 3.8) is 0 Å². The maximum atomic E-state index is 4.35. The molecule has 2 aromatic rings. The summed E-state index contributed by atoms with van der Waals surface area (Å²) in [6.45, 7) is 8.72. The van der Waals surface area contributed by atoms with E-state index in [1.807, 2.05) is 13.1 Å². The highest BCUT2D eigenvalue weighted by Gasteiger charge is 2.18. The number of rotatable bonds is 7. The Morgan fingerprint density at radius 2 is 1.90 bits per heavy atom. The van der Waals surface area contributed by atoms with Crippen molar-refractivity contribution in [2.45, 2.75) is 18.4 Å². The lowest BCUT2D eigenvalue weighted by molar-refractivity contribution is 0.260. The molecule has 0 amide bonds. The number of guanidine groups is 1. The molecule has 1 aromatic carbocycles. The lowest BCUT2D eigenvalue weighted by atomic mass is 10.1. The monoisotopic (exact) mass is 413 g/mol. The summed E-state index contributed by atoms with van der Waals surface area (Å²) in [5.41, 5.74) is 2.59. The predicted molar refractivity (Wildman–Crippen MR) is 122 cm³/mol. The Hall–Kier alpha value is -2.32. The minimum atomic E-state index is 0.770. The number of benzene rings is 1. The summed E-state index contributed by atoms with van der Waals surface area (Å²) >= 11 is 1.78. The molecule has 2 N–H and O–H groups in total. The Bertz CT molecular complexity index is 789. The van der Waals surface area contributed by atoms with E-state index in [0.29, 0.717) is 0 Å². The highest BCUT2D eigenvalue weighted by Crippen LogP contribution is 2.21. The zero-order valence-electron chi connectivity index (χ0n) is 17.6. The Labute approximate surface area is 178 Å². The number of hydrogen-bond donors (Lipinski definition) is 2. The second kappa shape index (κ2) is 11.0. The van der Waals surface area contributed by atoms with Gasteiger partial charge in [0.2, 0.25) is 5.95 Å². The average molecular weight is 414 g/mol. The minimum Gasteiger partial charge on any atom is -0.355 e. The van der Waals surface area contributed by atoms with Gasteiger partial charge in [-0.25, -0.2) is 9.97 Å². The third-order valence-electron chi connectivity index (χ3n) is 5.04. The van der Waals surface area contributed by atoms with Gasteiger partial charge in [0.1, 0.15) is 0 Å². The van der Waals surface area contributed by atoms with Crippen molar-refractivity contribution < 1.29 is 0 Å². The first kappa shape index (κ1) is 21.4. The third-order valence-corrected chi connectivity index (χ3v) is 5.86. The van der Waals surface area contributed by atoms with Gasteiger partial charge in [-0.3, -0.25) is 9.89 Å². The first-order valence-corrected chi connectivity index (χ1v) is 11.2. The standard InChI is InChI=1S/C21H31N7S/c1-17-5-6-18(19(15-17)29-3)16-26-20(22-2)23-9-10-27-11-13-28(14-12-27)21-24-7-4-8-25-21/h4-8,15H,9-14,16H2,1-3H3,(H2,22,23,26). The molecule has 3 rings (SSSR count). The van der Waals surface area contributed by atoms with Gasteiger partial charge in [-0.1, -0.05) is 12.1 Å². The first-order chi connectivity index (χ1) is 14.2. The second-order valence-corrected chi connectivity index (χ2v) is 7.89. The number of aromatic nitrogens is 2. The largest absolute Gasteiger partial charge is 0.355 e. The molecule has 1 aliphatic heterocycles. The van der Waals surface area contributed by atoms with Gasteiger partial charge in [-0.15, -0.1) is 11.8 Å². The molecule has 0 unspecified atom stereocenters. The Morgan fingerprint density at radius 3 is 2.59 bits per heavy atom. The van der Waals surface area contributed by atoms with Gasteiger partial charge >= 0.3 is 0 Å². The van der Waals surface area contributed by atoms with Crippen LogP contribution in [0.3, 0.4) is 0 Å². The molecule has 1 fully saturated rings. The molecule has 0 bridgehead atoms. The van der Waals surface area contributed by atoms with Crippen molar-refractivity contribution in [2.24, 2.45) is 4.99 Å². The summed E-state index contributed by atoms with van der Waals surface area (Å²) in [6.07, 6.45) is 5.72. The summed E-state index contributed by atoms with van der Waals surface area (Å²) in [5, 5.41) is 6.86. The lowest BCUT2D eigenvalue weighted by Gasteiger charge is -2.34. The molecule has 0 saturated carbocycles. The number of thioether (sulfide) groups is 1. The molecular weight excluding hydrogens is 382 g/mol. The highest BCUT2D eigenvalue weighted by atomic mass is 32.2. The summed E-state index contributed by atoms with van der Waals surface area (Å²) in [6, 6.07) is 8.44. The molecule has 8 heteroatoms. The van der Waals surface area contributed by atoms with Crippen LogP contribution in [0.15, 0.2) is 46.5 Å². The quantitative estimate of drug-likeness (QED) is 0.409. The van der Waals surface area contributed by atoms with Crippen LogP contribution in [-0.2, 0) is 6.54 Å². The SMILES string of the molecule is CN=C(NCCN1CCN(c2ncccn2)CC1)NCc1ccc(C)cc1SC. The molecule has 0 aliphatic carbocycles. The normalized spacial score (nSPS) is 15.4. The number of aliphatic imine (C=N–C) groups is 1. The third kappa shape index (κ3) is 6.33. The van der Waals surface area contributed by atoms with Crippen molar-refractivity contribution in [2.75, 3.05) is 57.5 Å². The molecule has 0 radical (unpaired) electrons. The van der Waals surface area contributed by atoms with Crippen LogP contribution in [0.1, 0.15) is 11.1 Å². The number of piperazine rings is 1.